The second-order valence-corrected chi connectivity index (χ2v) is 5.10. The van der Waals surface area contributed by atoms with Crippen LogP contribution in [0.25, 0.3) is 10.1 Å². The summed E-state index contributed by atoms with van der Waals surface area (Å²) in [6.07, 6.45) is 0. The fourth-order valence-electron chi connectivity index (χ4n) is 1.24. The number of hydrogen-bond acceptors (Lipinski definition) is 1. The third-order valence-electron chi connectivity index (χ3n) is 1.84. The molecule has 0 saturated heterocycles. The number of aryl methyl sites for hydroxylation is 1. The molecule has 0 radical (unpaired) electrons. The quantitative estimate of drug-likeness (QED) is 0.630. The Bertz CT molecular complexity index is 433. The average Bonchev–Trinajstić information content (AvgIpc) is 2.42. The molecule has 0 aliphatic carbocycles. The summed E-state index contributed by atoms with van der Waals surface area (Å²) in [5.41, 5.74) is 1.31. The summed E-state index contributed by atoms with van der Waals surface area (Å²) >= 11 is 10.1. The van der Waals surface area contributed by atoms with Gasteiger partial charge in [-0.15, -0.1) is 11.3 Å². The van der Waals surface area contributed by atoms with E-state index in [9.17, 15) is 0 Å². The molecule has 1 aromatic carbocycles. The maximum absolute atomic E-state index is 6.05. The molecular formula is C9H6ClIS. The van der Waals surface area contributed by atoms with Crippen molar-refractivity contribution in [2.45, 2.75) is 6.92 Å². The van der Waals surface area contributed by atoms with Crippen LogP contribution in [0.3, 0.4) is 0 Å². The number of thiophene rings is 1. The van der Waals surface area contributed by atoms with E-state index in [1.807, 2.05) is 6.07 Å². The molecule has 0 saturated carbocycles. The van der Waals surface area contributed by atoms with Crippen molar-refractivity contribution in [2.24, 2.45) is 0 Å². The molecule has 2 rings (SSSR count). The van der Waals surface area contributed by atoms with Crippen LogP contribution in [0.1, 0.15) is 5.56 Å². The number of benzene rings is 1. The first kappa shape index (κ1) is 8.78. The van der Waals surface area contributed by atoms with Gasteiger partial charge >= 0.3 is 0 Å². The van der Waals surface area contributed by atoms with Crippen LogP contribution in [0.15, 0.2) is 17.5 Å². The fraction of sp³-hybridized carbons (Fsp3) is 0.111. The number of hydrogen-bond donors (Lipinski definition) is 0. The highest BCUT2D eigenvalue weighted by molar-refractivity contribution is 14.1. The Labute approximate surface area is 93.7 Å². The lowest BCUT2D eigenvalue weighted by Crippen LogP contribution is -1.75. The smallest absolute Gasteiger partial charge is 0.0584 e. The molecule has 0 aliphatic heterocycles. The fourth-order valence-corrected chi connectivity index (χ4v) is 3.70. The molecule has 0 fully saturated rings. The molecule has 12 heavy (non-hydrogen) atoms. The van der Waals surface area contributed by atoms with Crippen molar-refractivity contribution in [2.75, 3.05) is 0 Å². The van der Waals surface area contributed by atoms with Gasteiger partial charge < -0.3 is 0 Å². The van der Waals surface area contributed by atoms with Gasteiger partial charge in [-0.1, -0.05) is 17.7 Å². The van der Waals surface area contributed by atoms with Gasteiger partial charge in [0.1, 0.15) is 0 Å². The number of halogens is 2. The SMILES string of the molecule is Cc1ccc(Cl)c2scc(I)c12. The predicted molar refractivity (Wildman–Crippen MR) is 64.3 cm³/mol. The standard InChI is InChI=1S/C9H6ClIS/c1-5-2-3-6(10)9-8(5)7(11)4-12-9/h2-4H,1H3. The van der Waals surface area contributed by atoms with Gasteiger partial charge in [-0.25, -0.2) is 0 Å². The molecule has 0 bridgehead atoms. The van der Waals surface area contributed by atoms with Crippen LogP contribution < -0.4 is 0 Å². The highest BCUT2D eigenvalue weighted by atomic mass is 127. The predicted octanol–water partition coefficient (Wildman–Crippen LogP) is 4.47. The van der Waals surface area contributed by atoms with Crippen molar-refractivity contribution in [3.63, 3.8) is 0 Å². The Morgan fingerprint density at radius 3 is 2.83 bits per heavy atom. The minimum Gasteiger partial charge on any atom is -0.141 e. The maximum Gasteiger partial charge on any atom is 0.0584 e. The average molecular weight is 309 g/mol. The molecule has 0 amide bonds. The Morgan fingerprint density at radius 2 is 2.17 bits per heavy atom. The third-order valence-corrected chi connectivity index (χ3v) is 4.55. The van der Waals surface area contributed by atoms with Crippen LogP contribution in [0.5, 0.6) is 0 Å². The Morgan fingerprint density at radius 1 is 1.42 bits per heavy atom. The van der Waals surface area contributed by atoms with Crippen LogP contribution in [0, 0.1) is 10.5 Å². The summed E-state index contributed by atoms with van der Waals surface area (Å²) in [5.74, 6) is 0. The normalized spacial score (nSPS) is 10.9. The second kappa shape index (κ2) is 3.16. The van der Waals surface area contributed by atoms with Crippen LogP contribution in [0.4, 0.5) is 0 Å². The van der Waals surface area contributed by atoms with Gasteiger partial charge in [0.25, 0.3) is 0 Å². The van der Waals surface area contributed by atoms with Gasteiger partial charge in [-0.3, -0.25) is 0 Å². The molecule has 0 N–H and O–H groups in total. The molecule has 2 aromatic rings. The van der Waals surface area contributed by atoms with E-state index in [-0.39, 0.29) is 0 Å². The van der Waals surface area contributed by atoms with Crippen molar-refractivity contribution in [1.29, 1.82) is 0 Å². The summed E-state index contributed by atoms with van der Waals surface area (Å²) in [6, 6.07) is 4.03. The number of rotatable bonds is 0. The van der Waals surface area contributed by atoms with Gasteiger partial charge in [-0.05, 0) is 41.1 Å². The monoisotopic (exact) mass is 308 g/mol. The van der Waals surface area contributed by atoms with Gasteiger partial charge in [0.2, 0.25) is 0 Å². The largest absolute Gasteiger partial charge is 0.141 e. The van der Waals surface area contributed by atoms with Crippen molar-refractivity contribution in [3.8, 4) is 0 Å². The molecule has 1 aromatic heterocycles. The van der Waals surface area contributed by atoms with Crippen molar-refractivity contribution >= 4 is 55.6 Å². The molecule has 0 unspecified atom stereocenters. The van der Waals surface area contributed by atoms with E-state index < -0.39 is 0 Å². The van der Waals surface area contributed by atoms with E-state index in [1.165, 1.54) is 19.2 Å². The first-order valence-electron chi connectivity index (χ1n) is 3.52. The molecule has 0 spiro atoms. The molecular weight excluding hydrogens is 303 g/mol. The zero-order valence-corrected chi connectivity index (χ0v) is 10.1. The van der Waals surface area contributed by atoms with Crippen molar-refractivity contribution in [3.05, 3.63) is 31.7 Å². The lowest BCUT2D eigenvalue weighted by atomic mass is 10.2. The minimum atomic E-state index is 0.864. The molecule has 62 valence electrons. The zero-order chi connectivity index (χ0) is 8.72. The van der Waals surface area contributed by atoms with Crippen LogP contribution in [0.2, 0.25) is 5.02 Å². The van der Waals surface area contributed by atoms with E-state index >= 15 is 0 Å². The molecule has 3 heteroatoms. The lowest BCUT2D eigenvalue weighted by molar-refractivity contribution is 1.54. The highest BCUT2D eigenvalue weighted by Gasteiger charge is 2.06. The lowest BCUT2D eigenvalue weighted by Gasteiger charge is -1.98. The first-order valence-corrected chi connectivity index (χ1v) is 5.85. The maximum atomic E-state index is 6.05. The summed E-state index contributed by atoms with van der Waals surface area (Å²) in [7, 11) is 0. The Hall–Kier alpha value is 0.200. The zero-order valence-electron chi connectivity index (χ0n) is 6.40. The van der Waals surface area contributed by atoms with E-state index in [0.717, 1.165) is 5.02 Å². The highest BCUT2D eigenvalue weighted by Crippen LogP contribution is 2.34. The topological polar surface area (TPSA) is 0 Å². The van der Waals surface area contributed by atoms with Crippen molar-refractivity contribution in [1.82, 2.24) is 0 Å². The van der Waals surface area contributed by atoms with Gasteiger partial charge in [0.15, 0.2) is 0 Å². The Kier molecular flexibility index (Phi) is 2.31. The van der Waals surface area contributed by atoms with Crippen LogP contribution in [-0.2, 0) is 0 Å². The van der Waals surface area contributed by atoms with E-state index in [1.54, 1.807) is 11.3 Å². The van der Waals surface area contributed by atoms with Crippen molar-refractivity contribution < 1.29 is 0 Å². The van der Waals surface area contributed by atoms with Gasteiger partial charge in [-0.2, -0.15) is 0 Å². The summed E-state index contributed by atoms with van der Waals surface area (Å²) < 4.78 is 2.51. The van der Waals surface area contributed by atoms with Gasteiger partial charge in [0, 0.05) is 14.3 Å². The molecule has 0 aliphatic rings. The third kappa shape index (κ3) is 1.26. The summed E-state index contributed by atoms with van der Waals surface area (Å²) in [4.78, 5) is 0. The molecule has 0 nitrogen and oxygen atoms in total. The first-order chi connectivity index (χ1) is 5.70. The van der Waals surface area contributed by atoms with E-state index in [2.05, 4.69) is 41.0 Å². The Balaban J connectivity index is 2.98. The molecule has 1 heterocycles. The second-order valence-electron chi connectivity index (χ2n) is 2.65. The summed E-state index contributed by atoms with van der Waals surface area (Å²) in [5, 5.41) is 4.32. The van der Waals surface area contributed by atoms with Gasteiger partial charge in [0.05, 0.1) is 9.72 Å². The number of fused-ring (bicyclic) bond motifs is 1. The van der Waals surface area contributed by atoms with Crippen LogP contribution >= 0.6 is 45.5 Å². The van der Waals surface area contributed by atoms with Crippen LogP contribution in [-0.4, -0.2) is 0 Å². The minimum absolute atomic E-state index is 0.864. The van der Waals surface area contributed by atoms with E-state index in [0.29, 0.717) is 0 Å². The molecule has 0 atom stereocenters. The summed E-state index contributed by atoms with van der Waals surface area (Å²) in [6.45, 7) is 2.12. The van der Waals surface area contributed by atoms with E-state index in [4.69, 9.17) is 11.6 Å².